The second kappa shape index (κ2) is 5.43. The Morgan fingerprint density at radius 2 is 2.05 bits per heavy atom. The molecule has 0 spiro atoms. The predicted octanol–water partition coefficient (Wildman–Crippen LogP) is 4.62. The van der Waals surface area contributed by atoms with E-state index in [0.29, 0.717) is 6.04 Å². The van der Waals surface area contributed by atoms with E-state index in [4.69, 9.17) is 0 Å². The van der Waals surface area contributed by atoms with E-state index in [2.05, 4.69) is 23.7 Å². The zero-order chi connectivity index (χ0) is 13.2. The number of halogens is 1. The van der Waals surface area contributed by atoms with Crippen LogP contribution in [0.4, 0.5) is 4.39 Å². The van der Waals surface area contributed by atoms with Crippen LogP contribution in [0.2, 0.25) is 0 Å². The lowest BCUT2D eigenvalue weighted by molar-refractivity contribution is 0.418. The predicted molar refractivity (Wildman–Crippen MR) is 77.9 cm³/mol. The average molecular weight is 275 g/mol. The summed E-state index contributed by atoms with van der Waals surface area (Å²) in [5, 5.41) is 5.87. The van der Waals surface area contributed by atoms with Crippen LogP contribution in [0.3, 0.4) is 0 Å². The molecular weight excluding hydrogens is 257 g/mol. The Bertz CT molecular complexity index is 546. The second-order valence-electron chi connectivity index (χ2n) is 5.18. The van der Waals surface area contributed by atoms with Gasteiger partial charge in [0, 0.05) is 17.0 Å². The quantitative estimate of drug-likeness (QED) is 0.862. The van der Waals surface area contributed by atoms with Crippen molar-refractivity contribution in [1.82, 2.24) is 5.32 Å². The Labute approximate surface area is 117 Å². The Morgan fingerprint density at radius 3 is 2.84 bits per heavy atom. The van der Waals surface area contributed by atoms with Crippen molar-refractivity contribution in [2.75, 3.05) is 0 Å². The molecule has 100 valence electrons. The summed E-state index contributed by atoms with van der Waals surface area (Å²) < 4.78 is 12.9. The average Bonchev–Trinajstić information content (AvgIpc) is 2.89. The van der Waals surface area contributed by atoms with Gasteiger partial charge in [-0.2, -0.15) is 0 Å². The summed E-state index contributed by atoms with van der Waals surface area (Å²) in [5.41, 5.74) is 2.61. The first-order valence-corrected chi connectivity index (χ1v) is 7.70. The van der Waals surface area contributed by atoms with E-state index in [1.165, 1.54) is 41.8 Å². The minimum absolute atomic E-state index is 0.172. The number of hydrogen-bond donors (Lipinski definition) is 1. The second-order valence-corrected chi connectivity index (χ2v) is 6.18. The highest BCUT2D eigenvalue weighted by molar-refractivity contribution is 7.10. The maximum atomic E-state index is 12.9. The van der Waals surface area contributed by atoms with Gasteiger partial charge in [-0.1, -0.05) is 12.1 Å². The van der Waals surface area contributed by atoms with Gasteiger partial charge in [-0.25, -0.2) is 4.39 Å². The molecule has 0 bridgehead atoms. The van der Waals surface area contributed by atoms with Crippen molar-refractivity contribution in [3.8, 4) is 0 Å². The summed E-state index contributed by atoms with van der Waals surface area (Å²) >= 11 is 1.86. The first kappa shape index (κ1) is 12.8. The zero-order valence-corrected chi connectivity index (χ0v) is 11.8. The van der Waals surface area contributed by atoms with E-state index in [9.17, 15) is 4.39 Å². The molecule has 0 saturated heterocycles. The van der Waals surface area contributed by atoms with Crippen molar-refractivity contribution < 1.29 is 4.39 Å². The normalized spacial score (nSPS) is 20.0. The van der Waals surface area contributed by atoms with Gasteiger partial charge in [-0.15, -0.1) is 11.3 Å². The highest BCUT2D eigenvalue weighted by Crippen LogP contribution is 2.34. The molecule has 3 rings (SSSR count). The first-order chi connectivity index (χ1) is 9.24. The Morgan fingerprint density at radius 1 is 1.26 bits per heavy atom. The fraction of sp³-hybridized carbons (Fsp3) is 0.375. The minimum Gasteiger partial charge on any atom is -0.303 e. The first-order valence-electron chi connectivity index (χ1n) is 6.82. The Balaban J connectivity index is 1.74. The third-order valence-electron chi connectivity index (χ3n) is 3.87. The van der Waals surface area contributed by atoms with Crippen LogP contribution in [0.15, 0.2) is 35.7 Å². The molecule has 1 aromatic carbocycles. The van der Waals surface area contributed by atoms with Gasteiger partial charge in [0.25, 0.3) is 0 Å². The van der Waals surface area contributed by atoms with Gasteiger partial charge in [-0.05, 0) is 60.9 Å². The fourth-order valence-corrected chi connectivity index (χ4v) is 3.80. The SMILES string of the molecule is C[C@@H](NC1CCCc2sccc21)c1ccc(F)cc1. The topological polar surface area (TPSA) is 12.0 Å². The maximum absolute atomic E-state index is 12.9. The van der Waals surface area contributed by atoms with Gasteiger partial charge >= 0.3 is 0 Å². The van der Waals surface area contributed by atoms with Crippen LogP contribution in [0.25, 0.3) is 0 Å². The van der Waals surface area contributed by atoms with Gasteiger partial charge in [0.2, 0.25) is 0 Å². The molecule has 1 aromatic heterocycles. The molecule has 1 aliphatic carbocycles. The molecule has 3 heteroatoms. The van der Waals surface area contributed by atoms with Crippen LogP contribution < -0.4 is 5.32 Å². The van der Waals surface area contributed by atoms with Crippen molar-refractivity contribution in [3.63, 3.8) is 0 Å². The van der Waals surface area contributed by atoms with Crippen molar-refractivity contribution in [3.05, 3.63) is 57.5 Å². The highest BCUT2D eigenvalue weighted by Gasteiger charge is 2.22. The van der Waals surface area contributed by atoms with Crippen LogP contribution in [-0.2, 0) is 6.42 Å². The van der Waals surface area contributed by atoms with Crippen LogP contribution in [-0.4, -0.2) is 0 Å². The molecule has 0 saturated carbocycles. The number of rotatable bonds is 3. The number of benzene rings is 1. The molecule has 0 radical (unpaired) electrons. The molecule has 2 aromatic rings. The van der Waals surface area contributed by atoms with Crippen LogP contribution in [0, 0.1) is 5.82 Å². The molecule has 2 atom stereocenters. The smallest absolute Gasteiger partial charge is 0.123 e. The maximum Gasteiger partial charge on any atom is 0.123 e. The van der Waals surface area contributed by atoms with Gasteiger partial charge in [-0.3, -0.25) is 0 Å². The van der Waals surface area contributed by atoms with E-state index < -0.39 is 0 Å². The Hall–Kier alpha value is -1.19. The Kier molecular flexibility index (Phi) is 3.67. The summed E-state index contributed by atoms with van der Waals surface area (Å²) in [6.07, 6.45) is 3.66. The number of hydrogen-bond acceptors (Lipinski definition) is 2. The lowest BCUT2D eigenvalue weighted by atomic mass is 9.93. The van der Waals surface area contributed by atoms with E-state index in [1.807, 2.05) is 23.5 Å². The van der Waals surface area contributed by atoms with Gasteiger partial charge < -0.3 is 5.32 Å². The molecule has 1 N–H and O–H groups in total. The summed E-state index contributed by atoms with van der Waals surface area (Å²) in [4.78, 5) is 1.52. The summed E-state index contributed by atoms with van der Waals surface area (Å²) in [6.45, 7) is 2.15. The summed E-state index contributed by atoms with van der Waals surface area (Å²) in [5.74, 6) is -0.172. The van der Waals surface area contributed by atoms with Gasteiger partial charge in [0.15, 0.2) is 0 Å². The molecule has 0 amide bonds. The van der Waals surface area contributed by atoms with Gasteiger partial charge in [0.1, 0.15) is 5.82 Å². The summed E-state index contributed by atoms with van der Waals surface area (Å²) in [6, 6.07) is 9.73. The van der Waals surface area contributed by atoms with Crippen LogP contribution in [0.5, 0.6) is 0 Å². The lowest BCUT2D eigenvalue weighted by Gasteiger charge is -2.27. The molecule has 19 heavy (non-hydrogen) atoms. The summed E-state index contributed by atoms with van der Waals surface area (Å²) in [7, 11) is 0. The molecule has 1 nitrogen and oxygen atoms in total. The van der Waals surface area contributed by atoms with Crippen molar-refractivity contribution in [1.29, 1.82) is 0 Å². The number of fused-ring (bicyclic) bond motifs is 1. The molecule has 1 aliphatic rings. The number of aryl methyl sites for hydroxylation is 1. The monoisotopic (exact) mass is 275 g/mol. The minimum atomic E-state index is -0.172. The molecule has 0 aliphatic heterocycles. The third kappa shape index (κ3) is 2.72. The van der Waals surface area contributed by atoms with Crippen LogP contribution in [0.1, 0.15) is 47.9 Å². The fourth-order valence-electron chi connectivity index (χ4n) is 2.81. The third-order valence-corrected chi connectivity index (χ3v) is 4.87. The highest BCUT2D eigenvalue weighted by atomic mass is 32.1. The van der Waals surface area contributed by atoms with Crippen molar-refractivity contribution in [2.24, 2.45) is 0 Å². The lowest BCUT2D eigenvalue weighted by Crippen LogP contribution is -2.27. The van der Waals surface area contributed by atoms with E-state index >= 15 is 0 Å². The van der Waals surface area contributed by atoms with E-state index in [0.717, 1.165) is 5.56 Å². The number of thiophene rings is 1. The van der Waals surface area contributed by atoms with E-state index in [-0.39, 0.29) is 11.9 Å². The van der Waals surface area contributed by atoms with Crippen molar-refractivity contribution in [2.45, 2.75) is 38.3 Å². The molecule has 1 unspecified atom stereocenters. The largest absolute Gasteiger partial charge is 0.303 e. The van der Waals surface area contributed by atoms with Gasteiger partial charge in [0.05, 0.1) is 0 Å². The van der Waals surface area contributed by atoms with Crippen molar-refractivity contribution >= 4 is 11.3 Å². The van der Waals surface area contributed by atoms with E-state index in [1.54, 1.807) is 0 Å². The molecular formula is C16H18FNS. The number of nitrogens with one attached hydrogen (secondary N) is 1. The molecule has 1 heterocycles. The molecule has 0 fully saturated rings. The standard InChI is InChI=1S/C16H18FNS/c1-11(12-5-7-13(17)8-6-12)18-15-3-2-4-16-14(15)9-10-19-16/h5-11,15,18H,2-4H2,1H3/t11-,15?/m1/s1. The zero-order valence-electron chi connectivity index (χ0n) is 11.0. The van der Waals surface area contributed by atoms with Crippen LogP contribution >= 0.6 is 11.3 Å².